The lowest BCUT2D eigenvalue weighted by Crippen LogP contribution is -2.06. The van der Waals surface area contributed by atoms with Crippen molar-refractivity contribution in [2.45, 2.75) is 26.5 Å². The number of para-hydroxylation sites is 3. The van der Waals surface area contributed by atoms with E-state index in [9.17, 15) is 0 Å². The number of aryl methyl sites for hydroxylation is 1. The largest absolute Gasteiger partial charge is 0.294 e. The minimum absolute atomic E-state index is 0.813. The molecule has 0 unspecified atom stereocenters. The van der Waals surface area contributed by atoms with Gasteiger partial charge in [-0.05, 0) is 115 Å². The van der Waals surface area contributed by atoms with E-state index in [1.54, 1.807) is 6.08 Å². The van der Waals surface area contributed by atoms with Crippen LogP contribution in [0.4, 0.5) is 0 Å². The molecule has 0 N–H and O–H groups in total. The molecular formula is C54H39N3S. The molecule has 3 nitrogen and oxygen atoms in total. The monoisotopic (exact) mass is 761 g/mol. The van der Waals surface area contributed by atoms with E-state index in [0.29, 0.717) is 0 Å². The van der Waals surface area contributed by atoms with Crippen LogP contribution in [0, 0.1) is 19.3 Å². The maximum absolute atomic E-state index is 5.82. The van der Waals surface area contributed by atoms with Gasteiger partial charge in [-0.25, -0.2) is 4.98 Å². The molecule has 0 fully saturated rings. The van der Waals surface area contributed by atoms with E-state index in [1.165, 1.54) is 30.4 Å². The van der Waals surface area contributed by atoms with Crippen LogP contribution in [0.5, 0.6) is 0 Å². The third-order valence-corrected chi connectivity index (χ3v) is 15.1. The second kappa shape index (κ2) is 14.6. The first-order valence-electron chi connectivity index (χ1n) is 19.5. The Balaban J connectivity index is 1.29. The summed E-state index contributed by atoms with van der Waals surface area (Å²) in [6.07, 6.45) is 9.62. The number of nitrogens with zero attached hydrogens (tertiary/aromatic N) is 3. The minimum atomic E-state index is -1.91. The Morgan fingerprint density at radius 2 is 0.914 bits per heavy atom. The van der Waals surface area contributed by atoms with Crippen LogP contribution in [0.25, 0.3) is 61.5 Å². The lowest BCUT2D eigenvalue weighted by Gasteiger charge is -2.42. The van der Waals surface area contributed by atoms with Crippen LogP contribution >= 0.6 is 10.0 Å². The molecule has 58 heavy (non-hydrogen) atoms. The summed E-state index contributed by atoms with van der Waals surface area (Å²) in [6, 6.07) is 72.4. The van der Waals surface area contributed by atoms with Crippen LogP contribution in [0.1, 0.15) is 11.3 Å². The third-order valence-electron chi connectivity index (χ3n) is 11.2. The molecular weight excluding hydrogens is 723 g/mol. The number of hydrogen-bond acceptors (Lipinski definition) is 1. The second-order valence-corrected chi connectivity index (χ2v) is 17.5. The molecule has 3 heterocycles. The lowest BCUT2D eigenvalue weighted by molar-refractivity contribution is 0.984. The Morgan fingerprint density at radius 1 is 0.466 bits per heavy atom. The first kappa shape index (κ1) is 35.1. The summed E-state index contributed by atoms with van der Waals surface area (Å²) in [5.41, 5.74) is 7.61. The molecule has 0 amide bonds. The van der Waals surface area contributed by atoms with E-state index >= 15 is 0 Å². The van der Waals surface area contributed by atoms with Crippen molar-refractivity contribution in [1.29, 1.82) is 0 Å². The van der Waals surface area contributed by atoms with Crippen molar-refractivity contribution in [2.24, 2.45) is 0 Å². The van der Waals surface area contributed by atoms with Crippen LogP contribution < -0.4 is 0 Å². The van der Waals surface area contributed by atoms with Gasteiger partial charge in [0.2, 0.25) is 0 Å². The normalized spacial score (nSPS) is 12.1. The van der Waals surface area contributed by atoms with Gasteiger partial charge in [0, 0.05) is 35.7 Å². The summed E-state index contributed by atoms with van der Waals surface area (Å²) in [5.74, 6) is 4.37. The van der Waals surface area contributed by atoms with Gasteiger partial charge in [0.15, 0.2) is 0 Å². The Labute approximate surface area is 340 Å². The number of terminal acetylenes is 1. The van der Waals surface area contributed by atoms with Gasteiger partial charge in [-0.3, -0.25) is 9.13 Å². The summed E-state index contributed by atoms with van der Waals surface area (Å²) >= 11 is 0. The summed E-state index contributed by atoms with van der Waals surface area (Å²) in [5, 5.41) is 3.54. The van der Waals surface area contributed by atoms with Crippen molar-refractivity contribution in [1.82, 2.24) is 14.1 Å². The maximum atomic E-state index is 5.82. The average Bonchev–Trinajstić information content (AvgIpc) is 3.78. The van der Waals surface area contributed by atoms with E-state index in [0.717, 1.165) is 56.0 Å². The van der Waals surface area contributed by atoms with Crippen LogP contribution in [0.3, 0.4) is 0 Å². The highest BCUT2D eigenvalue weighted by molar-refractivity contribution is 8.34. The molecule has 0 saturated heterocycles. The van der Waals surface area contributed by atoms with Crippen LogP contribution in [0.2, 0.25) is 0 Å². The van der Waals surface area contributed by atoms with Crippen molar-refractivity contribution in [3.63, 3.8) is 0 Å². The molecule has 0 atom stereocenters. The summed E-state index contributed by atoms with van der Waals surface area (Å²) < 4.78 is 4.57. The number of aromatic nitrogens is 3. The quantitative estimate of drug-likeness (QED) is 0.141. The maximum Gasteiger partial charge on any atom is 0.140 e. The SMILES string of the molecule is C#C/C=C\c1c(C)c2ccccc2n1-c1cc(-c2cccc(S(c3ccccc3)(c3ccccc3)c3ccccc3)c2)cc(-n2c3ccccc3c3ccccc32)n1. The fraction of sp³-hybridized carbons (Fsp3) is 0.0185. The smallest absolute Gasteiger partial charge is 0.140 e. The molecule has 4 heteroatoms. The first-order valence-corrected chi connectivity index (χ1v) is 21.1. The zero-order valence-electron chi connectivity index (χ0n) is 32.0. The van der Waals surface area contributed by atoms with Crippen molar-refractivity contribution >= 4 is 48.8 Å². The van der Waals surface area contributed by atoms with Crippen molar-refractivity contribution in [2.75, 3.05) is 0 Å². The number of pyridine rings is 1. The number of benzene rings is 7. The number of allylic oxidation sites excluding steroid dienone is 1. The Morgan fingerprint density at radius 3 is 1.45 bits per heavy atom. The standard InChI is InChI=1S/C54H39N3S/c1-3-4-32-49-39(2)46-29-14-17-33-50(46)56(49)53-37-41(38-54(55-53)57-51-34-18-15-30-47(51)48-31-16-19-35-52(48)57)40-21-20-28-45(36-40)58(42-22-8-5-9-23-42,43-24-10-6-11-25-43)44-26-12-7-13-27-44/h1,4-38H,2H3/b32-4-. The van der Waals surface area contributed by atoms with Crippen LogP contribution in [0.15, 0.2) is 226 Å². The molecule has 0 saturated carbocycles. The number of hydrogen-bond donors (Lipinski definition) is 0. The summed E-state index contributed by atoms with van der Waals surface area (Å²) in [7, 11) is -1.91. The minimum Gasteiger partial charge on any atom is -0.294 e. The molecule has 276 valence electrons. The highest BCUT2D eigenvalue weighted by Gasteiger charge is 2.33. The second-order valence-electron chi connectivity index (χ2n) is 14.4. The van der Waals surface area contributed by atoms with Gasteiger partial charge >= 0.3 is 0 Å². The van der Waals surface area contributed by atoms with E-state index < -0.39 is 10.0 Å². The first-order chi connectivity index (χ1) is 28.7. The van der Waals surface area contributed by atoms with Gasteiger partial charge in [0.25, 0.3) is 0 Å². The topological polar surface area (TPSA) is 22.8 Å². The molecule has 3 aromatic heterocycles. The summed E-state index contributed by atoms with van der Waals surface area (Å²) in [4.78, 5) is 10.7. The van der Waals surface area contributed by atoms with Gasteiger partial charge in [0.1, 0.15) is 11.6 Å². The van der Waals surface area contributed by atoms with E-state index in [1.807, 2.05) is 6.08 Å². The van der Waals surface area contributed by atoms with E-state index in [2.05, 4.69) is 222 Å². The predicted molar refractivity (Wildman–Crippen MR) is 243 cm³/mol. The van der Waals surface area contributed by atoms with Gasteiger partial charge in [-0.2, -0.15) is 0 Å². The number of fused-ring (bicyclic) bond motifs is 4. The van der Waals surface area contributed by atoms with Gasteiger partial charge in [0.05, 0.1) is 22.2 Å². The fourth-order valence-electron chi connectivity index (χ4n) is 8.62. The molecule has 0 aliphatic heterocycles. The summed E-state index contributed by atoms with van der Waals surface area (Å²) in [6.45, 7) is 2.16. The molecule has 0 radical (unpaired) electrons. The van der Waals surface area contributed by atoms with Gasteiger partial charge in [-0.1, -0.05) is 127 Å². The Kier molecular flexibility index (Phi) is 8.86. The zero-order chi connectivity index (χ0) is 39.1. The zero-order valence-corrected chi connectivity index (χ0v) is 32.9. The highest BCUT2D eigenvalue weighted by Crippen LogP contribution is 2.73. The molecule has 10 aromatic rings. The predicted octanol–water partition coefficient (Wildman–Crippen LogP) is 14.1. The highest BCUT2D eigenvalue weighted by atomic mass is 32.3. The van der Waals surface area contributed by atoms with E-state index in [4.69, 9.17) is 11.4 Å². The van der Waals surface area contributed by atoms with Crippen LogP contribution in [-0.4, -0.2) is 14.1 Å². The molecule has 0 spiro atoms. The molecule has 0 aliphatic carbocycles. The van der Waals surface area contributed by atoms with Crippen molar-refractivity contribution in [3.05, 3.63) is 218 Å². The average molecular weight is 762 g/mol. The van der Waals surface area contributed by atoms with Gasteiger partial charge in [-0.15, -0.1) is 16.5 Å². The van der Waals surface area contributed by atoms with Gasteiger partial charge < -0.3 is 0 Å². The van der Waals surface area contributed by atoms with Crippen molar-refractivity contribution < 1.29 is 0 Å². The molecule has 7 aromatic carbocycles. The molecule has 10 rings (SSSR count). The van der Waals surface area contributed by atoms with E-state index in [-0.39, 0.29) is 0 Å². The lowest BCUT2D eigenvalue weighted by atomic mass is 10.1. The Bertz CT molecular complexity index is 3040. The fourth-order valence-corrected chi connectivity index (χ4v) is 12.5. The molecule has 0 bridgehead atoms. The van der Waals surface area contributed by atoms with Crippen LogP contribution in [-0.2, 0) is 0 Å². The third kappa shape index (κ3) is 5.67. The van der Waals surface area contributed by atoms with Crippen molar-refractivity contribution in [3.8, 4) is 35.1 Å². The number of rotatable bonds is 8. The Hall–Kier alpha value is -7.32. The molecule has 0 aliphatic rings.